The van der Waals surface area contributed by atoms with Crippen LogP contribution in [0.2, 0.25) is 0 Å². The molecule has 2 aromatic rings. The summed E-state index contributed by atoms with van der Waals surface area (Å²) in [6.07, 6.45) is 1.60. The van der Waals surface area contributed by atoms with Crippen molar-refractivity contribution < 1.29 is 24.1 Å². The molecule has 1 atom stereocenters. The fourth-order valence-corrected chi connectivity index (χ4v) is 3.27. The van der Waals surface area contributed by atoms with Crippen LogP contribution < -0.4 is 20.5 Å². The van der Waals surface area contributed by atoms with Crippen LogP contribution in [-0.2, 0) is 9.53 Å². The highest BCUT2D eigenvalue weighted by Crippen LogP contribution is 2.30. The highest BCUT2D eigenvalue weighted by atomic mass is 16.5. The van der Waals surface area contributed by atoms with Crippen molar-refractivity contribution in [2.45, 2.75) is 31.9 Å². The molecule has 8 heteroatoms. The second-order valence-electron chi connectivity index (χ2n) is 7.01. The van der Waals surface area contributed by atoms with E-state index in [1.165, 1.54) is 0 Å². The molecule has 1 saturated heterocycles. The number of carboxylic acids is 1. The molecule has 1 heterocycles. The molecule has 160 valence electrons. The average Bonchev–Trinajstić information content (AvgIpc) is 2.73. The van der Waals surface area contributed by atoms with Crippen molar-refractivity contribution in [3.8, 4) is 11.5 Å². The average molecular weight is 413 g/mol. The molecular formula is C22H27N3O5. The normalized spacial score (nSPS) is 15.2. The number of amidine groups is 1. The number of nitrogens with two attached hydrogens (primary N) is 1. The second-order valence-corrected chi connectivity index (χ2v) is 7.01. The number of hydrogen-bond acceptors (Lipinski definition) is 6. The Hall–Kier alpha value is -3.26. The summed E-state index contributed by atoms with van der Waals surface area (Å²) in [7, 11) is 0. The van der Waals surface area contributed by atoms with Gasteiger partial charge in [0.05, 0.1) is 19.8 Å². The van der Waals surface area contributed by atoms with E-state index in [2.05, 4.69) is 5.32 Å². The number of ether oxygens (including phenoxy) is 3. The molecule has 0 aromatic heterocycles. The number of nitrogen functional groups attached to an aromatic ring is 1. The first-order chi connectivity index (χ1) is 14.5. The summed E-state index contributed by atoms with van der Waals surface area (Å²) < 4.78 is 17.1. The molecule has 30 heavy (non-hydrogen) atoms. The molecule has 0 unspecified atom stereocenters. The number of benzene rings is 2. The Balaban J connectivity index is 1.86. The van der Waals surface area contributed by atoms with E-state index in [-0.39, 0.29) is 11.9 Å². The summed E-state index contributed by atoms with van der Waals surface area (Å²) >= 11 is 0. The maximum absolute atomic E-state index is 12.0. The van der Waals surface area contributed by atoms with Crippen LogP contribution in [-0.4, -0.2) is 42.8 Å². The second kappa shape index (κ2) is 9.98. The van der Waals surface area contributed by atoms with Gasteiger partial charge in [-0.3, -0.25) is 5.41 Å². The number of anilines is 1. The van der Waals surface area contributed by atoms with Gasteiger partial charge in [-0.05, 0) is 48.9 Å². The van der Waals surface area contributed by atoms with E-state index in [0.717, 1.165) is 12.8 Å². The first-order valence-corrected chi connectivity index (χ1v) is 9.92. The monoisotopic (exact) mass is 413 g/mol. The van der Waals surface area contributed by atoms with Gasteiger partial charge in [-0.1, -0.05) is 0 Å². The van der Waals surface area contributed by atoms with E-state index in [1.54, 1.807) is 42.5 Å². The van der Waals surface area contributed by atoms with Gasteiger partial charge < -0.3 is 30.4 Å². The van der Waals surface area contributed by atoms with Crippen LogP contribution in [0.5, 0.6) is 11.5 Å². The fourth-order valence-electron chi connectivity index (χ4n) is 3.27. The van der Waals surface area contributed by atoms with E-state index in [1.807, 2.05) is 6.92 Å². The zero-order valence-corrected chi connectivity index (χ0v) is 16.9. The van der Waals surface area contributed by atoms with Crippen molar-refractivity contribution in [3.05, 3.63) is 53.6 Å². The molecule has 0 aliphatic carbocycles. The minimum Gasteiger partial charge on any atom is -0.494 e. The van der Waals surface area contributed by atoms with Gasteiger partial charge in [-0.2, -0.15) is 0 Å². The molecule has 3 rings (SSSR count). The highest BCUT2D eigenvalue weighted by molar-refractivity contribution is 5.95. The highest BCUT2D eigenvalue weighted by Gasteiger charge is 2.23. The Morgan fingerprint density at radius 2 is 1.90 bits per heavy atom. The van der Waals surface area contributed by atoms with Gasteiger partial charge >= 0.3 is 5.97 Å². The van der Waals surface area contributed by atoms with Crippen LogP contribution in [0.25, 0.3) is 0 Å². The number of carboxylic acid groups (broad SMARTS) is 1. The molecule has 2 aromatic carbocycles. The van der Waals surface area contributed by atoms with Gasteiger partial charge in [0.1, 0.15) is 23.4 Å². The lowest BCUT2D eigenvalue weighted by Gasteiger charge is -2.24. The molecule has 8 nitrogen and oxygen atoms in total. The van der Waals surface area contributed by atoms with E-state index >= 15 is 0 Å². The maximum atomic E-state index is 12.0. The van der Waals surface area contributed by atoms with Crippen LogP contribution >= 0.6 is 0 Å². The molecule has 0 radical (unpaired) electrons. The van der Waals surface area contributed by atoms with Gasteiger partial charge in [-0.25, -0.2) is 4.79 Å². The molecular weight excluding hydrogens is 386 g/mol. The zero-order valence-electron chi connectivity index (χ0n) is 16.9. The Morgan fingerprint density at radius 1 is 1.23 bits per heavy atom. The predicted octanol–water partition coefficient (Wildman–Crippen LogP) is 3.16. The smallest absolute Gasteiger partial charge is 0.330 e. The van der Waals surface area contributed by atoms with E-state index < -0.39 is 12.0 Å². The minimum atomic E-state index is -1.03. The quantitative estimate of drug-likeness (QED) is 0.367. The van der Waals surface area contributed by atoms with Gasteiger partial charge in [-0.15, -0.1) is 0 Å². The van der Waals surface area contributed by atoms with Crippen molar-refractivity contribution in [1.82, 2.24) is 0 Å². The van der Waals surface area contributed by atoms with Crippen molar-refractivity contribution in [2.75, 3.05) is 25.1 Å². The first kappa shape index (κ1) is 21.4. The summed E-state index contributed by atoms with van der Waals surface area (Å²) in [4.78, 5) is 12.0. The summed E-state index contributed by atoms with van der Waals surface area (Å²) in [5.74, 6) is 0.0480. The Morgan fingerprint density at radius 3 is 2.50 bits per heavy atom. The Bertz CT molecular complexity index is 879. The van der Waals surface area contributed by atoms with E-state index in [4.69, 9.17) is 25.4 Å². The lowest BCUT2D eigenvalue weighted by molar-refractivity contribution is -0.138. The van der Waals surface area contributed by atoms with Crippen molar-refractivity contribution >= 4 is 17.5 Å². The van der Waals surface area contributed by atoms with Crippen LogP contribution in [0, 0.1) is 5.41 Å². The minimum absolute atomic E-state index is 0.0267. The van der Waals surface area contributed by atoms with Gasteiger partial charge in [0.15, 0.2) is 6.04 Å². The van der Waals surface area contributed by atoms with E-state index in [9.17, 15) is 9.90 Å². The third-order valence-corrected chi connectivity index (χ3v) is 4.77. The van der Waals surface area contributed by atoms with Gasteiger partial charge in [0, 0.05) is 30.2 Å². The first-order valence-electron chi connectivity index (χ1n) is 9.92. The number of aliphatic carboxylic acids is 1. The molecule has 0 bridgehead atoms. The Labute approximate surface area is 175 Å². The van der Waals surface area contributed by atoms with Crippen LogP contribution in [0.3, 0.4) is 0 Å². The van der Waals surface area contributed by atoms with Crippen LogP contribution in [0.1, 0.15) is 36.9 Å². The van der Waals surface area contributed by atoms with Crippen LogP contribution in [0.4, 0.5) is 5.69 Å². The third kappa shape index (κ3) is 5.64. The number of rotatable bonds is 9. The zero-order chi connectivity index (χ0) is 21.5. The molecule has 1 fully saturated rings. The van der Waals surface area contributed by atoms with Crippen molar-refractivity contribution in [2.24, 2.45) is 5.73 Å². The number of hydrogen-bond donors (Lipinski definition) is 4. The van der Waals surface area contributed by atoms with Gasteiger partial charge in [0.2, 0.25) is 0 Å². The topological polar surface area (TPSA) is 127 Å². The van der Waals surface area contributed by atoms with Crippen molar-refractivity contribution in [1.29, 1.82) is 5.41 Å². The fraction of sp³-hybridized carbons (Fsp3) is 0.364. The lowest BCUT2D eigenvalue weighted by atomic mass is 10.0. The largest absolute Gasteiger partial charge is 0.494 e. The summed E-state index contributed by atoms with van der Waals surface area (Å²) in [6.45, 7) is 3.63. The molecule has 1 aliphatic heterocycles. The molecule has 0 saturated carbocycles. The van der Waals surface area contributed by atoms with Crippen LogP contribution in [0.15, 0.2) is 42.5 Å². The lowest BCUT2D eigenvalue weighted by Crippen LogP contribution is -2.26. The number of carbonyl (C=O) groups is 1. The third-order valence-electron chi connectivity index (χ3n) is 4.77. The Kier molecular flexibility index (Phi) is 7.13. The molecule has 1 aliphatic rings. The summed E-state index contributed by atoms with van der Waals surface area (Å²) in [5.41, 5.74) is 7.16. The number of nitrogens with one attached hydrogen (secondary N) is 2. The SMILES string of the molecule is CCOc1cc(OC2CCOCC2)cc([C@H](Nc2ccc(C(=N)N)cc2)C(=O)O)c1. The maximum Gasteiger partial charge on any atom is 0.330 e. The summed E-state index contributed by atoms with van der Waals surface area (Å²) in [6, 6.07) is 10.9. The summed E-state index contributed by atoms with van der Waals surface area (Å²) in [5, 5.41) is 20.3. The molecule has 0 spiro atoms. The van der Waals surface area contributed by atoms with Gasteiger partial charge in [0.25, 0.3) is 0 Å². The molecule has 0 amide bonds. The van der Waals surface area contributed by atoms with Crippen molar-refractivity contribution in [3.63, 3.8) is 0 Å². The van der Waals surface area contributed by atoms with E-state index in [0.29, 0.717) is 48.1 Å². The standard InChI is InChI=1S/C22H27N3O5/c1-2-29-18-11-15(12-19(13-18)30-17-7-9-28-10-8-17)20(22(26)27)25-16-5-3-14(4-6-16)21(23)24/h3-6,11-13,17,20,25H,2,7-10H2,1H3,(H3,23,24)(H,26,27)/t20-/m0/s1. The predicted molar refractivity (Wildman–Crippen MR) is 114 cm³/mol. The molecule has 5 N–H and O–H groups in total.